The molecular weight excluding hydrogens is 451 g/mol. The Morgan fingerprint density at radius 1 is 1.19 bits per heavy atom. The number of amides is 1. The summed E-state index contributed by atoms with van der Waals surface area (Å²) in [4.78, 5) is 33.3. The number of aromatic amines is 1. The number of aromatic nitrogens is 2. The smallest absolute Gasteiger partial charge is 0.270 e. The van der Waals surface area contributed by atoms with Crippen molar-refractivity contribution in [2.45, 2.75) is 13.5 Å². The summed E-state index contributed by atoms with van der Waals surface area (Å²) in [7, 11) is 0. The molecule has 1 N–H and O–H groups in total. The van der Waals surface area contributed by atoms with Gasteiger partial charge in [0.25, 0.3) is 5.91 Å². The van der Waals surface area contributed by atoms with Crippen LogP contribution >= 0.6 is 22.9 Å². The quantitative estimate of drug-likeness (QED) is 0.452. The van der Waals surface area contributed by atoms with Crippen molar-refractivity contribution in [2.75, 3.05) is 4.90 Å². The molecule has 1 amide bonds. The highest BCUT2D eigenvalue weighted by atomic mass is 35.5. The minimum Gasteiger partial charge on any atom is -0.319 e. The van der Waals surface area contributed by atoms with Crippen molar-refractivity contribution in [3.63, 3.8) is 0 Å². The number of fused-ring (bicyclic) bond motifs is 1. The number of nitrogens with zero attached hydrogens (tertiary/aromatic N) is 2. The molecule has 5 nitrogen and oxygen atoms in total. The van der Waals surface area contributed by atoms with E-state index in [-0.39, 0.29) is 33.7 Å². The molecule has 0 spiro atoms. The highest BCUT2D eigenvalue weighted by Gasteiger charge is 2.24. The lowest BCUT2D eigenvalue weighted by molar-refractivity contribution is 0.0988. The molecule has 10 heteroatoms. The van der Waals surface area contributed by atoms with E-state index < -0.39 is 28.9 Å². The van der Waals surface area contributed by atoms with Crippen LogP contribution in [0, 0.1) is 24.4 Å². The second kappa shape index (κ2) is 8.16. The number of halogens is 4. The minimum atomic E-state index is -1.21. The van der Waals surface area contributed by atoms with Gasteiger partial charge in [-0.3, -0.25) is 9.59 Å². The first-order valence-corrected chi connectivity index (χ1v) is 10.2. The molecule has 0 unspecified atom stereocenters. The van der Waals surface area contributed by atoms with Crippen LogP contribution in [0.5, 0.6) is 0 Å². The number of aryl methyl sites for hydroxylation is 1. The number of rotatable bonds is 4. The van der Waals surface area contributed by atoms with Crippen LogP contribution in [0.4, 0.5) is 18.9 Å². The van der Waals surface area contributed by atoms with Crippen LogP contribution in [-0.4, -0.2) is 15.9 Å². The molecule has 2 heterocycles. The average Bonchev–Trinajstić information content (AvgIpc) is 3.13. The molecule has 2 aromatic carbocycles. The zero-order chi connectivity index (χ0) is 22.3. The molecule has 31 heavy (non-hydrogen) atoms. The third kappa shape index (κ3) is 4.06. The summed E-state index contributed by atoms with van der Waals surface area (Å²) in [5.41, 5.74) is 1.37. The Bertz CT molecular complexity index is 1370. The molecule has 0 aliphatic carbocycles. The summed E-state index contributed by atoms with van der Waals surface area (Å²) in [6, 6.07) is 7.02. The van der Waals surface area contributed by atoms with Gasteiger partial charge in [-0.05, 0) is 42.8 Å². The molecule has 0 radical (unpaired) electrons. The number of H-pyrrole nitrogens is 1. The van der Waals surface area contributed by atoms with Crippen LogP contribution in [0.3, 0.4) is 0 Å². The van der Waals surface area contributed by atoms with Gasteiger partial charge in [0.2, 0.25) is 5.56 Å². The Labute approximate surface area is 182 Å². The van der Waals surface area contributed by atoms with Crippen LogP contribution in [0.1, 0.15) is 20.9 Å². The van der Waals surface area contributed by atoms with Gasteiger partial charge in [0.15, 0.2) is 11.6 Å². The van der Waals surface area contributed by atoms with Crippen molar-refractivity contribution in [2.24, 2.45) is 0 Å². The Morgan fingerprint density at radius 2 is 1.97 bits per heavy atom. The second-order valence-electron chi connectivity index (χ2n) is 6.73. The lowest BCUT2D eigenvalue weighted by atomic mass is 10.1. The number of carbonyl (C=O) groups excluding carboxylic acids is 1. The Hall–Kier alpha value is -3.17. The zero-order valence-corrected chi connectivity index (χ0v) is 17.5. The Morgan fingerprint density at radius 3 is 2.65 bits per heavy atom. The molecule has 0 atom stereocenters. The first kappa shape index (κ1) is 21.1. The number of benzene rings is 2. The van der Waals surface area contributed by atoms with Crippen molar-refractivity contribution >= 4 is 45.4 Å². The van der Waals surface area contributed by atoms with E-state index in [1.165, 1.54) is 28.6 Å². The maximum Gasteiger partial charge on any atom is 0.270 e. The second-order valence-corrected chi connectivity index (χ2v) is 8.02. The van der Waals surface area contributed by atoms with Crippen molar-refractivity contribution in [1.29, 1.82) is 0 Å². The van der Waals surface area contributed by atoms with Crippen LogP contribution in [0.15, 0.2) is 46.7 Å². The lowest BCUT2D eigenvalue weighted by Crippen LogP contribution is -2.31. The molecule has 0 saturated carbocycles. The summed E-state index contributed by atoms with van der Waals surface area (Å²) in [6.45, 7) is 1.43. The van der Waals surface area contributed by atoms with Gasteiger partial charge >= 0.3 is 0 Å². The Balaban J connectivity index is 1.89. The van der Waals surface area contributed by atoms with E-state index in [1.54, 1.807) is 6.92 Å². The van der Waals surface area contributed by atoms with Crippen molar-refractivity contribution < 1.29 is 18.0 Å². The van der Waals surface area contributed by atoms with E-state index >= 15 is 0 Å². The van der Waals surface area contributed by atoms with Crippen molar-refractivity contribution in [1.82, 2.24) is 9.97 Å². The number of pyridine rings is 1. The van der Waals surface area contributed by atoms with Gasteiger partial charge < -0.3 is 9.88 Å². The van der Waals surface area contributed by atoms with Gasteiger partial charge in [-0.1, -0.05) is 11.6 Å². The van der Waals surface area contributed by atoms with E-state index in [9.17, 15) is 22.8 Å². The fourth-order valence-electron chi connectivity index (χ4n) is 3.24. The molecule has 4 aromatic rings. The van der Waals surface area contributed by atoms with Crippen LogP contribution < -0.4 is 10.5 Å². The molecule has 2 aromatic heterocycles. The van der Waals surface area contributed by atoms with E-state index in [2.05, 4.69) is 9.97 Å². The maximum atomic E-state index is 14.3. The zero-order valence-electron chi connectivity index (χ0n) is 15.9. The van der Waals surface area contributed by atoms with Gasteiger partial charge in [0.05, 0.1) is 23.3 Å². The number of thiazole rings is 1. The molecule has 0 fully saturated rings. The van der Waals surface area contributed by atoms with E-state index in [1.807, 2.05) is 0 Å². The summed E-state index contributed by atoms with van der Waals surface area (Å²) in [5, 5.41) is 0.275. The van der Waals surface area contributed by atoms with Gasteiger partial charge in [-0.25, -0.2) is 18.2 Å². The van der Waals surface area contributed by atoms with Gasteiger partial charge in [0, 0.05) is 22.2 Å². The normalized spacial score (nSPS) is 11.1. The lowest BCUT2D eigenvalue weighted by Gasteiger charge is -2.24. The molecule has 0 aliphatic heterocycles. The number of hydrogen-bond acceptors (Lipinski definition) is 4. The fraction of sp³-hybridized carbons (Fsp3) is 0.0952. The van der Waals surface area contributed by atoms with E-state index in [0.717, 1.165) is 29.5 Å². The number of carbonyl (C=O) groups is 1. The maximum absolute atomic E-state index is 14.3. The van der Waals surface area contributed by atoms with Gasteiger partial charge in [0.1, 0.15) is 10.7 Å². The number of anilines is 1. The van der Waals surface area contributed by atoms with Gasteiger partial charge in [-0.2, -0.15) is 0 Å². The molecule has 0 aliphatic rings. The van der Waals surface area contributed by atoms with Crippen molar-refractivity contribution in [3.05, 3.63) is 90.9 Å². The summed E-state index contributed by atoms with van der Waals surface area (Å²) in [6.07, 6.45) is 0. The average molecular weight is 464 g/mol. The number of hydrogen-bond donors (Lipinski definition) is 1. The molecular formula is C21H13ClF3N3O2S. The fourth-order valence-corrected chi connectivity index (χ4v) is 4.21. The first-order valence-electron chi connectivity index (χ1n) is 8.92. The topological polar surface area (TPSA) is 66.1 Å². The monoisotopic (exact) mass is 463 g/mol. The van der Waals surface area contributed by atoms with Crippen LogP contribution in [0.25, 0.3) is 10.9 Å². The summed E-state index contributed by atoms with van der Waals surface area (Å²) in [5.74, 6) is -3.49. The highest BCUT2D eigenvalue weighted by Crippen LogP contribution is 2.29. The predicted octanol–water partition coefficient (Wildman–Crippen LogP) is 5.21. The SMILES string of the molecule is Cc1ncsc1C(=O)N(Cc1cc(=O)[nH]c2c(F)c(F)ccc12)c1cc(F)cc(Cl)c1. The molecule has 0 saturated heterocycles. The number of nitrogens with one attached hydrogen (secondary N) is 1. The molecule has 158 valence electrons. The highest BCUT2D eigenvalue weighted by molar-refractivity contribution is 7.12. The van der Waals surface area contributed by atoms with E-state index in [4.69, 9.17) is 11.6 Å². The minimum absolute atomic E-state index is 0.0673. The summed E-state index contributed by atoms with van der Waals surface area (Å²) >= 11 is 7.09. The van der Waals surface area contributed by atoms with E-state index in [0.29, 0.717) is 10.6 Å². The third-order valence-electron chi connectivity index (χ3n) is 4.67. The van der Waals surface area contributed by atoms with Crippen molar-refractivity contribution in [3.8, 4) is 0 Å². The largest absolute Gasteiger partial charge is 0.319 e. The predicted molar refractivity (Wildman–Crippen MR) is 113 cm³/mol. The Kier molecular flexibility index (Phi) is 5.55. The molecule has 4 rings (SSSR count). The first-order chi connectivity index (χ1) is 14.7. The standard InChI is InChI=1S/C21H13ClF3N3O2S/c1-10-20(31-9-26-10)21(30)28(14-6-12(22)5-13(23)7-14)8-11-4-17(29)27-19-15(11)2-3-16(24)18(19)25/h2-7,9H,8H2,1H3,(H,27,29). The van der Waals surface area contributed by atoms with Gasteiger partial charge in [-0.15, -0.1) is 11.3 Å². The van der Waals surface area contributed by atoms with Crippen LogP contribution in [-0.2, 0) is 6.54 Å². The summed E-state index contributed by atoms with van der Waals surface area (Å²) < 4.78 is 42.0. The third-order valence-corrected chi connectivity index (χ3v) is 5.80. The molecule has 0 bridgehead atoms. The van der Waals surface area contributed by atoms with Crippen LogP contribution in [0.2, 0.25) is 5.02 Å².